The van der Waals surface area contributed by atoms with Gasteiger partial charge < -0.3 is 10.6 Å². The van der Waals surface area contributed by atoms with Crippen molar-refractivity contribution in [1.82, 2.24) is 15.2 Å². The van der Waals surface area contributed by atoms with Gasteiger partial charge in [0.1, 0.15) is 5.82 Å². The van der Waals surface area contributed by atoms with Gasteiger partial charge in [-0.2, -0.15) is 4.98 Å². The Morgan fingerprint density at radius 2 is 1.81 bits per heavy atom. The average molecular weight is 291 g/mol. The second-order valence-electron chi connectivity index (χ2n) is 6.83. The van der Waals surface area contributed by atoms with Crippen molar-refractivity contribution < 1.29 is 0 Å². The lowest BCUT2D eigenvalue weighted by Crippen LogP contribution is -2.39. The molecule has 2 aliphatic rings. The fourth-order valence-corrected chi connectivity index (χ4v) is 3.80. The Morgan fingerprint density at radius 1 is 1.05 bits per heavy atom. The third kappa shape index (κ3) is 3.96. The monoisotopic (exact) mass is 291 g/mol. The molecule has 1 aliphatic carbocycles. The quantitative estimate of drug-likeness (QED) is 0.836. The highest BCUT2D eigenvalue weighted by atomic mass is 15.4. The molecule has 5 heteroatoms. The molecule has 0 bridgehead atoms. The largest absolute Gasteiger partial charge is 0.339 e. The lowest BCUT2D eigenvalue weighted by molar-refractivity contribution is 0.419. The molecule has 21 heavy (non-hydrogen) atoms. The van der Waals surface area contributed by atoms with Crippen molar-refractivity contribution in [3.05, 3.63) is 5.82 Å². The number of H-pyrrole nitrogens is 1. The number of hydrogen-bond donors (Lipinski definition) is 2. The van der Waals surface area contributed by atoms with Crippen molar-refractivity contribution in [1.29, 1.82) is 0 Å². The molecule has 3 rings (SSSR count). The first-order valence-corrected chi connectivity index (χ1v) is 8.71. The Balaban J connectivity index is 1.57. The highest BCUT2D eigenvalue weighted by Gasteiger charge is 2.22. The van der Waals surface area contributed by atoms with Gasteiger partial charge in [-0.3, -0.25) is 5.10 Å². The van der Waals surface area contributed by atoms with Crippen LogP contribution in [0.15, 0.2) is 0 Å². The van der Waals surface area contributed by atoms with Gasteiger partial charge in [0.2, 0.25) is 5.95 Å². The van der Waals surface area contributed by atoms with Gasteiger partial charge in [-0.15, -0.1) is 5.10 Å². The maximum absolute atomic E-state index is 5.81. The smallest absolute Gasteiger partial charge is 0.244 e. The number of nitrogens with zero attached hydrogens (tertiary/aromatic N) is 3. The zero-order valence-electron chi connectivity index (χ0n) is 13.1. The number of aromatic nitrogens is 3. The summed E-state index contributed by atoms with van der Waals surface area (Å²) in [7, 11) is 0. The van der Waals surface area contributed by atoms with E-state index >= 15 is 0 Å². The lowest BCUT2D eigenvalue weighted by Gasteiger charge is -2.31. The van der Waals surface area contributed by atoms with E-state index in [-0.39, 0.29) is 0 Å². The predicted molar refractivity (Wildman–Crippen MR) is 85.3 cm³/mol. The predicted octanol–water partition coefficient (Wildman–Crippen LogP) is 2.49. The van der Waals surface area contributed by atoms with Crippen LogP contribution in [0.5, 0.6) is 0 Å². The van der Waals surface area contributed by atoms with E-state index in [1.807, 2.05) is 0 Å². The standard InChI is InChI=1S/C16H29N5/c17-11-14-8-5-9-21(12-14)16-18-15(19-20-16)10-13-6-3-1-2-4-7-13/h13-14H,1-12,17H2,(H,18,19,20). The molecule has 1 atom stereocenters. The number of anilines is 1. The van der Waals surface area contributed by atoms with Crippen LogP contribution in [0.2, 0.25) is 0 Å². The van der Waals surface area contributed by atoms with Crippen molar-refractivity contribution in [2.45, 2.75) is 57.8 Å². The van der Waals surface area contributed by atoms with E-state index < -0.39 is 0 Å². The van der Waals surface area contributed by atoms with Crippen LogP contribution in [0.25, 0.3) is 0 Å². The first-order valence-electron chi connectivity index (χ1n) is 8.71. The van der Waals surface area contributed by atoms with Crippen molar-refractivity contribution in [3.63, 3.8) is 0 Å². The molecule has 0 spiro atoms. The topological polar surface area (TPSA) is 70.8 Å². The first-order chi connectivity index (χ1) is 10.3. The van der Waals surface area contributed by atoms with Crippen LogP contribution in [-0.4, -0.2) is 34.8 Å². The van der Waals surface area contributed by atoms with Crippen molar-refractivity contribution in [2.75, 3.05) is 24.5 Å². The Morgan fingerprint density at radius 3 is 2.57 bits per heavy atom. The number of piperidine rings is 1. The van der Waals surface area contributed by atoms with Crippen LogP contribution in [0, 0.1) is 11.8 Å². The molecular formula is C16H29N5. The van der Waals surface area contributed by atoms with Crippen LogP contribution in [0.3, 0.4) is 0 Å². The molecule has 0 radical (unpaired) electrons. The highest BCUT2D eigenvalue weighted by Crippen LogP contribution is 2.26. The van der Waals surface area contributed by atoms with Crippen molar-refractivity contribution in [3.8, 4) is 0 Å². The molecule has 2 fully saturated rings. The summed E-state index contributed by atoms with van der Waals surface area (Å²) in [4.78, 5) is 7.05. The highest BCUT2D eigenvalue weighted by molar-refractivity contribution is 5.29. The number of hydrogen-bond acceptors (Lipinski definition) is 4. The van der Waals surface area contributed by atoms with E-state index in [2.05, 4.69) is 15.1 Å². The van der Waals surface area contributed by atoms with Crippen molar-refractivity contribution >= 4 is 5.95 Å². The van der Waals surface area contributed by atoms with Gasteiger partial charge in [-0.05, 0) is 31.2 Å². The van der Waals surface area contributed by atoms with E-state index in [0.29, 0.717) is 5.92 Å². The van der Waals surface area contributed by atoms with E-state index in [4.69, 9.17) is 10.7 Å². The number of nitrogens with two attached hydrogens (primary N) is 1. The Kier molecular flexibility index (Phi) is 5.12. The normalized spacial score (nSPS) is 25.0. The van der Waals surface area contributed by atoms with Crippen molar-refractivity contribution in [2.24, 2.45) is 17.6 Å². The van der Waals surface area contributed by atoms with E-state index in [1.165, 1.54) is 51.4 Å². The SMILES string of the molecule is NCC1CCCN(c2n[nH]c(CC3CCCCCC3)n2)C1. The molecule has 1 unspecified atom stereocenters. The van der Waals surface area contributed by atoms with E-state index in [9.17, 15) is 0 Å². The maximum Gasteiger partial charge on any atom is 0.244 e. The Bertz CT molecular complexity index is 422. The summed E-state index contributed by atoms with van der Waals surface area (Å²) < 4.78 is 0. The zero-order valence-corrected chi connectivity index (χ0v) is 13.1. The summed E-state index contributed by atoms with van der Waals surface area (Å²) >= 11 is 0. The van der Waals surface area contributed by atoms with Gasteiger partial charge in [-0.1, -0.05) is 38.5 Å². The summed E-state index contributed by atoms with van der Waals surface area (Å²) in [6.07, 6.45) is 11.8. The molecule has 2 heterocycles. The lowest BCUT2D eigenvalue weighted by atomic mass is 9.96. The van der Waals surface area contributed by atoms with Crippen LogP contribution in [-0.2, 0) is 6.42 Å². The molecule has 1 saturated carbocycles. The van der Waals surface area contributed by atoms with Crippen LogP contribution in [0.1, 0.15) is 57.2 Å². The number of rotatable bonds is 4. The molecule has 1 aromatic heterocycles. The molecule has 5 nitrogen and oxygen atoms in total. The first kappa shape index (κ1) is 14.8. The van der Waals surface area contributed by atoms with Gasteiger partial charge in [0, 0.05) is 19.5 Å². The minimum Gasteiger partial charge on any atom is -0.339 e. The molecule has 3 N–H and O–H groups in total. The van der Waals surface area contributed by atoms with Gasteiger partial charge in [0.15, 0.2) is 0 Å². The third-order valence-electron chi connectivity index (χ3n) is 5.11. The summed E-state index contributed by atoms with van der Waals surface area (Å²) in [5.74, 6) is 3.36. The summed E-state index contributed by atoms with van der Waals surface area (Å²) in [6.45, 7) is 2.85. The second-order valence-corrected chi connectivity index (χ2v) is 6.83. The number of aromatic amines is 1. The minimum atomic E-state index is 0.600. The van der Waals surface area contributed by atoms with Gasteiger partial charge in [0.25, 0.3) is 0 Å². The fraction of sp³-hybridized carbons (Fsp3) is 0.875. The Hall–Kier alpha value is -1.10. The number of nitrogens with one attached hydrogen (secondary N) is 1. The van der Waals surface area contributed by atoms with Gasteiger partial charge >= 0.3 is 0 Å². The Labute approximate surface area is 127 Å². The molecule has 0 aromatic carbocycles. The average Bonchev–Trinajstić information content (AvgIpc) is 2.83. The summed E-state index contributed by atoms with van der Waals surface area (Å²) in [6, 6.07) is 0. The fourth-order valence-electron chi connectivity index (χ4n) is 3.80. The molecule has 1 aliphatic heterocycles. The van der Waals surface area contributed by atoms with E-state index in [1.54, 1.807) is 0 Å². The third-order valence-corrected chi connectivity index (χ3v) is 5.11. The minimum absolute atomic E-state index is 0.600. The second kappa shape index (κ2) is 7.25. The van der Waals surface area contributed by atoms with Crippen LogP contribution < -0.4 is 10.6 Å². The van der Waals surface area contributed by atoms with Gasteiger partial charge in [-0.25, -0.2) is 0 Å². The van der Waals surface area contributed by atoms with Crippen LogP contribution in [0.4, 0.5) is 5.95 Å². The van der Waals surface area contributed by atoms with E-state index in [0.717, 1.165) is 43.7 Å². The maximum atomic E-state index is 5.81. The summed E-state index contributed by atoms with van der Waals surface area (Å²) in [5.41, 5.74) is 5.81. The van der Waals surface area contributed by atoms with Gasteiger partial charge in [0.05, 0.1) is 0 Å². The molecule has 118 valence electrons. The summed E-state index contributed by atoms with van der Waals surface area (Å²) in [5, 5.41) is 7.62. The molecule has 0 amide bonds. The molecular weight excluding hydrogens is 262 g/mol. The zero-order chi connectivity index (χ0) is 14.5. The molecule has 1 saturated heterocycles. The molecule has 1 aromatic rings. The van der Waals surface area contributed by atoms with Crippen LogP contribution >= 0.6 is 0 Å².